The molecule has 5 nitrogen and oxygen atoms in total. The van der Waals surface area contributed by atoms with E-state index in [4.69, 9.17) is 0 Å². The largest absolute Gasteiger partial charge is 0.435 e. The van der Waals surface area contributed by atoms with Crippen LogP contribution in [0.5, 0.6) is 11.5 Å². The van der Waals surface area contributed by atoms with E-state index in [-0.39, 0.29) is 22.9 Å². The number of hydrogen-bond acceptors (Lipinski definition) is 3. The molecule has 0 aromatic heterocycles. The van der Waals surface area contributed by atoms with Crippen LogP contribution in [0.1, 0.15) is 0 Å². The summed E-state index contributed by atoms with van der Waals surface area (Å²) in [6, 6.07) is 10.1. The van der Waals surface area contributed by atoms with E-state index in [0.29, 0.717) is 0 Å². The van der Waals surface area contributed by atoms with Gasteiger partial charge in [0, 0.05) is 23.5 Å². The molecule has 24 heavy (non-hydrogen) atoms. The molecule has 2 N–H and O–H groups in total. The molecule has 0 aliphatic heterocycles. The van der Waals surface area contributed by atoms with E-state index in [1.807, 2.05) is 0 Å². The number of nitrogens with one attached hydrogen (secondary N) is 2. The van der Waals surface area contributed by atoms with Crippen LogP contribution in [0.3, 0.4) is 0 Å². The maximum atomic E-state index is 12.1. The second-order valence-corrected chi connectivity index (χ2v) is 4.39. The molecule has 0 spiro atoms. The maximum Gasteiger partial charge on any atom is 0.387 e. The molecule has 0 saturated carbocycles. The number of ether oxygens (including phenoxy) is 2. The van der Waals surface area contributed by atoms with Crippen LogP contribution in [0.25, 0.3) is 0 Å². The number of urea groups is 1. The van der Waals surface area contributed by atoms with Gasteiger partial charge < -0.3 is 20.1 Å². The van der Waals surface area contributed by atoms with Gasteiger partial charge in [-0.15, -0.1) is 0 Å². The van der Waals surface area contributed by atoms with Crippen LogP contribution < -0.4 is 20.1 Å². The van der Waals surface area contributed by atoms with Crippen molar-refractivity contribution in [3.63, 3.8) is 0 Å². The van der Waals surface area contributed by atoms with Gasteiger partial charge >= 0.3 is 19.3 Å². The van der Waals surface area contributed by atoms with Crippen molar-refractivity contribution in [3.8, 4) is 11.5 Å². The number of rotatable bonds is 6. The summed E-state index contributed by atoms with van der Waals surface area (Å²) in [5.74, 6) is -0.231. The zero-order valence-corrected chi connectivity index (χ0v) is 12.0. The van der Waals surface area contributed by atoms with E-state index in [2.05, 4.69) is 20.1 Å². The van der Waals surface area contributed by atoms with Gasteiger partial charge in [-0.25, -0.2) is 4.79 Å². The Bertz CT molecular complexity index is 640. The minimum Gasteiger partial charge on any atom is -0.435 e. The summed E-state index contributed by atoms with van der Waals surface area (Å²) < 4.78 is 57.0. The predicted octanol–water partition coefficient (Wildman–Crippen LogP) is 4.53. The van der Waals surface area contributed by atoms with E-state index in [0.717, 1.165) is 0 Å². The van der Waals surface area contributed by atoms with Crippen molar-refractivity contribution in [1.29, 1.82) is 0 Å². The normalized spacial score (nSPS) is 10.6. The quantitative estimate of drug-likeness (QED) is 0.757. The lowest BCUT2D eigenvalue weighted by atomic mass is 10.3. The Labute approximate surface area is 134 Å². The van der Waals surface area contributed by atoms with Gasteiger partial charge in [-0.1, -0.05) is 12.1 Å². The number of alkyl halides is 4. The van der Waals surface area contributed by atoms with Crippen molar-refractivity contribution in [1.82, 2.24) is 0 Å². The van der Waals surface area contributed by atoms with E-state index < -0.39 is 19.3 Å². The Hall–Kier alpha value is -2.97. The molecule has 2 amide bonds. The monoisotopic (exact) mass is 344 g/mol. The fourth-order valence-corrected chi connectivity index (χ4v) is 1.79. The Balaban J connectivity index is 1.98. The summed E-state index contributed by atoms with van der Waals surface area (Å²) in [6.45, 7) is -5.96. The van der Waals surface area contributed by atoms with Crippen LogP contribution in [0, 0.1) is 0 Å². The molecule has 2 rings (SSSR count). The maximum absolute atomic E-state index is 12.1. The Kier molecular flexibility index (Phi) is 5.83. The average molecular weight is 344 g/mol. The van der Waals surface area contributed by atoms with E-state index in [1.165, 1.54) is 48.5 Å². The van der Waals surface area contributed by atoms with Crippen molar-refractivity contribution in [2.24, 2.45) is 0 Å². The molecule has 128 valence electrons. The predicted molar refractivity (Wildman–Crippen MR) is 78.8 cm³/mol. The van der Waals surface area contributed by atoms with E-state index in [9.17, 15) is 22.4 Å². The van der Waals surface area contributed by atoms with E-state index in [1.54, 1.807) is 0 Å². The van der Waals surface area contributed by atoms with Gasteiger partial charge in [-0.05, 0) is 24.3 Å². The van der Waals surface area contributed by atoms with Crippen LogP contribution >= 0.6 is 0 Å². The zero-order valence-electron chi connectivity index (χ0n) is 12.0. The fraction of sp³-hybridized carbons (Fsp3) is 0.133. The molecule has 0 saturated heterocycles. The third kappa shape index (κ3) is 5.67. The Morgan fingerprint density at radius 1 is 0.792 bits per heavy atom. The highest BCUT2D eigenvalue weighted by atomic mass is 19.3. The van der Waals surface area contributed by atoms with Gasteiger partial charge in [0.2, 0.25) is 0 Å². The molecular formula is C15H12F4N2O3. The SMILES string of the molecule is O=C(Nc1cccc(OC(F)F)c1)Nc1cccc(OC(F)F)c1. The van der Waals surface area contributed by atoms with Crippen LogP contribution in [-0.2, 0) is 0 Å². The molecule has 0 fully saturated rings. The fourth-order valence-electron chi connectivity index (χ4n) is 1.79. The second-order valence-electron chi connectivity index (χ2n) is 4.39. The summed E-state index contributed by atoms with van der Waals surface area (Å²) in [5.41, 5.74) is 0.427. The first-order chi connectivity index (χ1) is 11.4. The lowest BCUT2D eigenvalue weighted by Gasteiger charge is -2.10. The summed E-state index contributed by atoms with van der Waals surface area (Å²) in [4.78, 5) is 11.8. The number of carbonyl (C=O) groups excluding carboxylic acids is 1. The number of carbonyl (C=O) groups is 1. The number of benzene rings is 2. The van der Waals surface area contributed by atoms with Gasteiger partial charge in [-0.2, -0.15) is 17.6 Å². The summed E-state index contributed by atoms with van der Waals surface area (Å²) in [7, 11) is 0. The van der Waals surface area contributed by atoms with Gasteiger partial charge in [0.1, 0.15) is 11.5 Å². The van der Waals surface area contributed by atoms with E-state index >= 15 is 0 Å². The average Bonchev–Trinajstić information content (AvgIpc) is 2.46. The molecule has 0 aliphatic carbocycles. The first-order valence-corrected chi connectivity index (χ1v) is 6.60. The number of hydrogen-bond donors (Lipinski definition) is 2. The Morgan fingerprint density at radius 2 is 1.21 bits per heavy atom. The van der Waals surface area contributed by atoms with Crippen LogP contribution in [0.2, 0.25) is 0 Å². The molecule has 0 radical (unpaired) electrons. The molecule has 2 aromatic rings. The summed E-state index contributed by atoms with van der Waals surface area (Å²) in [6.07, 6.45) is 0. The minimum atomic E-state index is -2.98. The zero-order chi connectivity index (χ0) is 17.5. The number of anilines is 2. The standard InChI is InChI=1S/C15H12F4N2O3/c16-13(17)23-11-5-1-3-9(7-11)20-15(22)21-10-4-2-6-12(8-10)24-14(18)19/h1-8,13-14H,(H2,20,21,22). The molecule has 2 aromatic carbocycles. The van der Waals surface area contributed by atoms with Gasteiger partial charge in [0.25, 0.3) is 0 Å². The minimum absolute atomic E-state index is 0.116. The third-order valence-electron chi connectivity index (χ3n) is 2.63. The van der Waals surface area contributed by atoms with Gasteiger partial charge in [0.05, 0.1) is 0 Å². The second kappa shape index (κ2) is 8.04. The highest BCUT2D eigenvalue weighted by Crippen LogP contribution is 2.21. The lowest BCUT2D eigenvalue weighted by molar-refractivity contribution is -0.0504. The number of amides is 2. The first kappa shape index (κ1) is 17.4. The van der Waals surface area contributed by atoms with Crippen LogP contribution in [0.15, 0.2) is 48.5 Å². The van der Waals surface area contributed by atoms with Gasteiger partial charge in [-0.3, -0.25) is 0 Å². The third-order valence-corrected chi connectivity index (χ3v) is 2.63. The van der Waals surface area contributed by atoms with Crippen molar-refractivity contribution in [2.45, 2.75) is 13.2 Å². The van der Waals surface area contributed by atoms with Crippen molar-refractivity contribution in [2.75, 3.05) is 10.6 Å². The molecule has 0 heterocycles. The molecule has 9 heteroatoms. The summed E-state index contributed by atoms with van der Waals surface area (Å²) in [5, 5.41) is 4.80. The lowest BCUT2D eigenvalue weighted by Crippen LogP contribution is -2.19. The van der Waals surface area contributed by atoms with Crippen molar-refractivity contribution >= 4 is 17.4 Å². The smallest absolute Gasteiger partial charge is 0.387 e. The molecule has 0 bridgehead atoms. The van der Waals surface area contributed by atoms with Crippen LogP contribution in [0.4, 0.5) is 33.7 Å². The highest BCUT2D eigenvalue weighted by molar-refractivity contribution is 5.99. The van der Waals surface area contributed by atoms with Gasteiger partial charge in [0.15, 0.2) is 0 Å². The highest BCUT2D eigenvalue weighted by Gasteiger charge is 2.08. The molecule has 0 aliphatic rings. The molecule has 0 atom stereocenters. The van der Waals surface area contributed by atoms with Crippen LogP contribution in [-0.4, -0.2) is 19.3 Å². The number of halogens is 4. The molecule has 0 unspecified atom stereocenters. The van der Waals surface area contributed by atoms with Crippen molar-refractivity contribution < 1.29 is 31.8 Å². The molecular weight excluding hydrogens is 332 g/mol. The Morgan fingerprint density at radius 3 is 1.58 bits per heavy atom. The first-order valence-electron chi connectivity index (χ1n) is 6.60. The van der Waals surface area contributed by atoms with Crippen molar-refractivity contribution in [3.05, 3.63) is 48.5 Å². The summed E-state index contributed by atoms with van der Waals surface area (Å²) >= 11 is 0. The topological polar surface area (TPSA) is 59.6 Å².